The summed E-state index contributed by atoms with van der Waals surface area (Å²) in [6.07, 6.45) is -0.0674. The maximum atomic E-state index is 10.7. The summed E-state index contributed by atoms with van der Waals surface area (Å²) in [4.78, 5) is 14.9. The van der Waals surface area contributed by atoms with E-state index < -0.39 is 5.97 Å². The summed E-state index contributed by atoms with van der Waals surface area (Å²) in [5, 5.41) is 14.3. The summed E-state index contributed by atoms with van der Waals surface area (Å²) in [6.45, 7) is 0. The highest BCUT2D eigenvalue weighted by atomic mass is 32.1. The lowest BCUT2D eigenvalue weighted by molar-refractivity contribution is -0.136. The number of thiazole rings is 1. The van der Waals surface area contributed by atoms with Crippen LogP contribution in [0.3, 0.4) is 0 Å². The van der Waals surface area contributed by atoms with Gasteiger partial charge in [-0.05, 0) is 36.4 Å². The molecule has 23 heavy (non-hydrogen) atoms. The van der Waals surface area contributed by atoms with E-state index in [2.05, 4.69) is 10.3 Å². The van der Waals surface area contributed by atoms with Crippen molar-refractivity contribution in [3.8, 4) is 11.5 Å². The Kier molecular flexibility index (Phi) is 4.54. The van der Waals surface area contributed by atoms with E-state index in [0.29, 0.717) is 10.8 Å². The summed E-state index contributed by atoms with van der Waals surface area (Å²) in [7, 11) is 0. The molecule has 0 bridgehead atoms. The number of hydrogen-bond donors (Lipinski definition) is 2. The highest BCUT2D eigenvalue weighted by Crippen LogP contribution is 2.25. The third kappa shape index (κ3) is 4.31. The molecule has 0 fully saturated rings. The van der Waals surface area contributed by atoms with Crippen molar-refractivity contribution in [3.05, 3.63) is 65.7 Å². The number of nitrogens with one attached hydrogen (secondary N) is 1. The minimum absolute atomic E-state index is 0.0674. The molecule has 0 aliphatic heterocycles. The second-order valence-electron chi connectivity index (χ2n) is 4.78. The topological polar surface area (TPSA) is 71.5 Å². The molecule has 116 valence electrons. The normalized spacial score (nSPS) is 10.3. The van der Waals surface area contributed by atoms with Gasteiger partial charge in [-0.3, -0.25) is 4.79 Å². The molecular formula is C17H14N2O3S. The smallest absolute Gasteiger partial charge is 0.309 e. The number of rotatable bonds is 6. The van der Waals surface area contributed by atoms with Crippen LogP contribution in [-0.4, -0.2) is 16.1 Å². The van der Waals surface area contributed by atoms with E-state index in [1.165, 1.54) is 11.3 Å². The van der Waals surface area contributed by atoms with Crippen LogP contribution in [0.25, 0.3) is 0 Å². The van der Waals surface area contributed by atoms with Crippen LogP contribution >= 0.6 is 11.3 Å². The molecule has 2 N–H and O–H groups in total. The average molecular weight is 326 g/mol. The molecule has 1 heterocycles. The fourth-order valence-electron chi connectivity index (χ4n) is 1.95. The molecule has 0 unspecified atom stereocenters. The van der Waals surface area contributed by atoms with Gasteiger partial charge in [0.2, 0.25) is 0 Å². The van der Waals surface area contributed by atoms with Gasteiger partial charge in [0.05, 0.1) is 12.1 Å². The lowest BCUT2D eigenvalue weighted by atomic mass is 10.3. The number of carbonyl (C=O) groups is 1. The molecule has 3 aromatic rings. The van der Waals surface area contributed by atoms with E-state index >= 15 is 0 Å². The Morgan fingerprint density at radius 3 is 2.48 bits per heavy atom. The van der Waals surface area contributed by atoms with Gasteiger partial charge in [-0.1, -0.05) is 18.2 Å². The molecular weight excluding hydrogens is 312 g/mol. The molecule has 0 saturated carbocycles. The van der Waals surface area contributed by atoms with Gasteiger partial charge < -0.3 is 15.2 Å². The standard InChI is InChI=1S/C17H14N2O3S/c20-16(21)10-13-11-23-17(19-13)18-12-6-8-15(9-7-12)22-14-4-2-1-3-5-14/h1-9,11H,10H2,(H,18,19)(H,20,21). The predicted octanol–water partition coefficient (Wildman–Crippen LogP) is 4.31. The largest absolute Gasteiger partial charge is 0.481 e. The van der Waals surface area contributed by atoms with E-state index in [-0.39, 0.29) is 6.42 Å². The molecule has 6 heteroatoms. The monoisotopic (exact) mass is 326 g/mol. The number of hydrogen-bond acceptors (Lipinski definition) is 5. The molecule has 5 nitrogen and oxygen atoms in total. The second-order valence-corrected chi connectivity index (χ2v) is 5.64. The minimum atomic E-state index is -0.885. The Morgan fingerprint density at radius 1 is 1.09 bits per heavy atom. The number of para-hydroxylation sites is 1. The van der Waals surface area contributed by atoms with Crippen molar-refractivity contribution in [2.45, 2.75) is 6.42 Å². The summed E-state index contributed by atoms with van der Waals surface area (Å²) < 4.78 is 5.73. The first kappa shape index (κ1) is 15.1. The zero-order chi connectivity index (χ0) is 16.1. The predicted molar refractivity (Wildman–Crippen MR) is 89.7 cm³/mol. The number of anilines is 2. The third-order valence-electron chi connectivity index (χ3n) is 2.97. The van der Waals surface area contributed by atoms with Gasteiger partial charge in [0.1, 0.15) is 11.5 Å². The molecule has 0 saturated heterocycles. The van der Waals surface area contributed by atoms with Crippen LogP contribution in [0.5, 0.6) is 11.5 Å². The molecule has 0 spiro atoms. The van der Waals surface area contributed by atoms with Crippen LogP contribution < -0.4 is 10.1 Å². The number of nitrogens with zero attached hydrogens (tertiary/aromatic N) is 1. The Labute approximate surface area is 137 Å². The van der Waals surface area contributed by atoms with Crippen LogP contribution in [0.2, 0.25) is 0 Å². The fourth-order valence-corrected chi connectivity index (χ4v) is 2.69. The van der Waals surface area contributed by atoms with E-state index in [1.807, 2.05) is 54.6 Å². The summed E-state index contributed by atoms with van der Waals surface area (Å²) in [5.74, 6) is 0.642. The van der Waals surface area contributed by atoms with Gasteiger partial charge in [-0.15, -0.1) is 11.3 Å². The van der Waals surface area contributed by atoms with Gasteiger partial charge in [0.15, 0.2) is 5.13 Å². The molecule has 0 aliphatic carbocycles. The summed E-state index contributed by atoms with van der Waals surface area (Å²) in [5.41, 5.74) is 1.41. The maximum absolute atomic E-state index is 10.7. The van der Waals surface area contributed by atoms with Gasteiger partial charge in [0, 0.05) is 11.1 Å². The molecule has 0 amide bonds. The van der Waals surface area contributed by atoms with Gasteiger partial charge in [-0.2, -0.15) is 0 Å². The van der Waals surface area contributed by atoms with Crippen molar-refractivity contribution >= 4 is 28.1 Å². The molecule has 0 aliphatic rings. The second kappa shape index (κ2) is 6.93. The first-order chi connectivity index (χ1) is 11.2. The number of benzene rings is 2. The van der Waals surface area contributed by atoms with Crippen molar-refractivity contribution < 1.29 is 14.6 Å². The zero-order valence-electron chi connectivity index (χ0n) is 12.1. The van der Waals surface area contributed by atoms with Crippen molar-refractivity contribution in [2.24, 2.45) is 0 Å². The van der Waals surface area contributed by atoms with Gasteiger partial charge in [0.25, 0.3) is 0 Å². The van der Waals surface area contributed by atoms with Gasteiger partial charge in [-0.25, -0.2) is 4.98 Å². The van der Waals surface area contributed by atoms with Crippen molar-refractivity contribution in [1.29, 1.82) is 0 Å². The first-order valence-corrected chi connectivity index (χ1v) is 7.83. The molecule has 1 aromatic heterocycles. The lowest BCUT2D eigenvalue weighted by Crippen LogP contribution is -2.00. The van der Waals surface area contributed by atoms with E-state index in [0.717, 1.165) is 17.2 Å². The Bertz CT molecular complexity index is 785. The van der Waals surface area contributed by atoms with Crippen LogP contribution in [-0.2, 0) is 11.2 Å². The first-order valence-electron chi connectivity index (χ1n) is 6.95. The molecule has 2 aromatic carbocycles. The zero-order valence-corrected chi connectivity index (χ0v) is 12.9. The molecule has 0 atom stereocenters. The Morgan fingerprint density at radius 2 is 1.78 bits per heavy atom. The van der Waals surface area contributed by atoms with Gasteiger partial charge >= 0.3 is 5.97 Å². The minimum Gasteiger partial charge on any atom is -0.481 e. The lowest BCUT2D eigenvalue weighted by Gasteiger charge is -2.07. The number of aromatic nitrogens is 1. The average Bonchev–Trinajstić information content (AvgIpc) is 2.96. The molecule has 0 radical (unpaired) electrons. The summed E-state index contributed by atoms with van der Waals surface area (Å²) in [6, 6.07) is 17.1. The van der Waals surface area contributed by atoms with E-state index in [1.54, 1.807) is 5.38 Å². The molecule has 3 rings (SSSR count). The van der Waals surface area contributed by atoms with Crippen molar-refractivity contribution in [3.63, 3.8) is 0 Å². The third-order valence-corrected chi connectivity index (χ3v) is 3.78. The van der Waals surface area contributed by atoms with Crippen LogP contribution in [0, 0.1) is 0 Å². The number of ether oxygens (including phenoxy) is 1. The van der Waals surface area contributed by atoms with E-state index in [9.17, 15) is 4.79 Å². The number of carboxylic acid groups (broad SMARTS) is 1. The Balaban J connectivity index is 1.63. The highest BCUT2D eigenvalue weighted by Gasteiger charge is 2.06. The van der Waals surface area contributed by atoms with Crippen LogP contribution in [0.15, 0.2) is 60.0 Å². The summed E-state index contributed by atoms with van der Waals surface area (Å²) >= 11 is 1.38. The van der Waals surface area contributed by atoms with Crippen molar-refractivity contribution in [1.82, 2.24) is 4.98 Å². The maximum Gasteiger partial charge on any atom is 0.309 e. The number of aliphatic carboxylic acids is 1. The quantitative estimate of drug-likeness (QED) is 0.706. The fraction of sp³-hybridized carbons (Fsp3) is 0.0588. The highest BCUT2D eigenvalue weighted by molar-refractivity contribution is 7.13. The van der Waals surface area contributed by atoms with E-state index in [4.69, 9.17) is 9.84 Å². The Hall–Kier alpha value is -2.86. The van der Waals surface area contributed by atoms with Crippen molar-refractivity contribution in [2.75, 3.05) is 5.32 Å². The van der Waals surface area contributed by atoms with Crippen LogP contribution in [0.1, 0.15) is 5.69 Å². The van der Waals surface area contributed by atoms with Crippen LogP contribution in [0.4, 0.5) is 10.8 Å². The SMILES string of the molecule is O=C(O)Cc1csc(Nc2ccc(Oc3ccccc3)cc2)n1. The number of carboxylic acids is 1.